The molecule has 2 amide bonds. The summed E-state index contributed by atoms with van der Waals surface area (Å²) < 4.78 is 0. The predicted molar refractivity (Wildman–Crippen MR) is 69.1 cm³/mol. The first-order valence-electron chi connectivity index (χ1n) is 5.70. The number of hydrogen-bond donors (Lipinski definition) is 2. The number of amides is 2. The highest BCUT2D eigenvalue weighted by Crippen LogP contribution is 2.20. The van der Waals surface area contributed by atoms with E-state index in [9.17, 15) is 4.79 Å². The fraction of sp³-hybridized carbons (Fsp3) is 0.231. The van der Waals surface area contributed by atoms with Gasteiger partial charge in [0.15, 0.2) is 0 Å². The molecule has 2 aromatic rings. The van der Waals surface area contributed by atoms with Gasteiger partial charge in [-0.1, -0.05) is 25.1 Å². The standard InChI is InChI=1S/C13H15N3O/c1-2-8-15-13(17)16-11-7-3-5-10-6-4-9-14-12(10)11/h3-7,9H,2,8H2,1H3,(H2,15,16,17). The monoisotopic (exact) mass is 229 g/mol. The summed E-state index contributed by atoms with van der Waals surface area (Å²) in [5.41, 5.74) is 1.54. The number of fused-ring (bicyclic) bond motifs is 1. The highest BCUT2D eigenvalue weighted by Gasteiger charge is 2.04. The van der Waals surface area contributed by atoms with Gasteiger partial charge < -0.3 is 10.6 Å². The zero-order valence-electron chi connectivity index (χ0n) is 9.73. The molecule has 2 rings (SSSR count). The second kappa shape index (κ2) is 5.30. The molecule has 0 radical (unpaired) electrons. The third-order valence-electron chi connectivity index (χ3n) is 2.42. The van der Waals surface area contributed by atoms with Crippen LogP contribution in [0.2, 0.25) is 0 Å². The number of anilines is 1. The number of hydrogen-bond acceptors (Lipinski definition) is 2. The first-order valence-corrected chi connectivity index (χ1v) is 5.70. The number of aromatic nitrogens is 1. The molecule has 1 aromatic heterocycles. The largest absolute Gasteiger partial charge is 0.338 e. The van der Waals surface area contributed by atoms with Crippen LogP contribution in [0.5, 0.6) is 0 Å². The van der Waals surface area contributed by atoms with Gasteiger partial charge in [-0.2, -0.15) is 0 Å². The van der Waals surface area contributed by atoms with Crippen LogP contribution in [0.1, 0.15) is 13.3 Å². The number of carbonyl (C=O) groups is 1. The molecular weight excluding hydrogens is 214 g/mol. The lowest BCUT2D eigenvalue weighted by molar-refractivity contribution is 0.252. The molecule has 4 nitrogen and oxygen atoms in total. The van der Waals surface area contributed by atoms with Crippen molar-refractivity contribution in [2.75, 3.05) is 11.9 Å². The summed E-state index contributed by atoms with van der Waals surface area (Å²) in [6.45, 7) is 2.68. The van der Waals surface area contributed by atoms with Crippen molar-refractivity contribution in [3.63, 3.8) is 0 Å². The van der Waals surface area contributed by atoms with Gasteiger partial charge in [0.1, 0.15) is 0 Å². The molecule has 17 heavy (non-hydrogen) atoms. The molecule has 0 aliphatic rings. The number of pyridine rings is 1. The Morgan fingerprint density at radius 1 is 1.29 bits per heavy atom. The van der Waals surface area contributed by atoms with Gasteiger partial charge in [0, 0.05) is 18.1 Å². The summed E-state index contributed by atoms with van der Waals surface area (Å²) in [6.07, 6.45) is 2.64. The Kier molecular flexibility index (Phi) is 3.55. The van der Waals surface area contributed by atoms with Crippen LogP contribution in [0.15, 0.2) is 36.5 Å². The molecule has 0 aliphatic heterocycles. The summed E-state index contributed by atoms with van der Waals surface area (Å²) in [4.78, 5) is 15.8. The second-order valence-electron chi connectivity index (χ2n) is 3.76. The summed E-state index contributed by atoms with van der Waals surface area (Å²) >= 11 is 0. The minimum Gasteiger partial charge on any atom is -0.338 e. The third kappa shape index (κ3) is 2.72. The van der Waals surface area contributed by atoms with E-state index in [4.69, 9.17) is 0 Å². The van der Waals surface area contributed by atoms with Crippen LogP contribution in [0.25, 0.3) is 10.9 Å². The third-order valence-corrected chi connectivity index (χ3v) is 2.42. The van der Waals surface area contributed by atoms with E-state index in [0.717, 1.165) is 23.0 Å². The Morgan fingerprint density at radius 3 is 2.94 bits per heavy atom. The van der Waals surface area contributed by atoms with E-state index in [2.05, 4.69) is 15.6 Å². The Balaban J connectivity index is 2.21. The van der Waals surface area contributed by atoms with E-state index in [0.29, 0.717) is 6.54 Å². The van der Waals surface area contributed by atoms with E-state index in [1.165, 1.54) is 0 Å². The molecule has 2 N–H and O–H groups in total. The molecular formula is C13H15N3O. The fourth-order valence-electron chi connectivity index (χ4n) is 1.61. The van der Waals surface area contributed by atoms with Crippen LogP contribution in [0, 0.1) is 0 Å². The zero-order valence-corrected chi connectivity index (χ0v) is 9.73. The minimum absolute atomic E-state index is 0.190. The van der Waals surface area contributed by atoms with Crippen molar-refractivity contribution in [1.82, 2.24) is 10.3 Å². The number of urea groups is 1. The zero-order chi connectivity index (χ0) is 12.1. The van der Waals surface area contributed by atoms with Crippen molar-refractivity contribution in [3.05, 3.63) is 36.5 Å². The van der Waals surface area contributed by atoms with Crippen LogP contribution in [-0.2, 0) is 0 Å². The summed E-state index contributed by atoms with van der Waals surface area (Å²) in [7, 11) is 0. The first kappa shape index (κ1) is 11.4. The van der Waals surface area contributed by atoms with Crippen LogP contribution in [0.3, 0.4) is 0 Å². The molecule has 0 saturated heterocycles. The van der Waals surface area contributed by atoms with Gasteiger partial charge >= 0.3 is 6.03 Å². The lowest BCUT2D eigenvalue weighted by Crippen LogP contribution is -2.29. The molecule has 0 fully saturated rings. The molecule has 0 atom stereocenters. The van der Waals surface area contributed by atoms with Crippen molar-refractivity contribution in [2.45, 2.75) is 13.3 Å². The lowest BCUT2D eigenvalue weighted by Gasteiger charge is -2.08. The maximum Gasteiger partial charge on any atom is 0.319 e. The molecule has 0 saturated carbocycles. The molecule has 88 valence electrons. The van der Waals surface area contributed by atoms with Gasteiger partial charge in [0.25, 0.3) is 0 Å². The maximum absolute atomic E-state index is 11.6. The summed E-state index contributed by atoms with van der Waals surface area (Å²) in [6, 6.07) is 9.38. The summed E-state index contributed by atoms with van der Waals surface area (Å²) in [5, 5.41) is 6.59. The van der Waals surface area contributed by atoms with Crippen molar-refractivity contribution in [3.8, 4) is 0 Å². The number of nitrogens with zero attached hydrogens (tertiary/aromatic N) is 1. The SMILES string of the molecule is CCCNC(=O)Nc1cccc2cccnc12. The van der Waals surface area contributed by atoms with E-state index >= 15 is 0 Å². The van der Waals surface area contributed by atoms with Gasteiger partial charge in [-0.15, -0.1) is 0 Å². The number of carbonyl (C=O) groups excluding carboxylic acids is 1. The smallest absolute Gasteiger partial charge is 0.319 e. The summed E-state index contributed by atoms with van der Waals surface area (Å²) in [5.74, 6) is 0. The molecule has 0 aliphatic carbocycles. The number of para-hydroxylation sites is 1. The average molecular weight is 229 g/mol. The molecule has 1 aromatic carbocycles. The number of benzene rings is 1. The topological polar surface area (TPSA) is 54.0 Å². The highest BCUT2D eigenvalue weighted by atomic mass is 16.2. The Morgan fingerprint density at radius 2 is 2.12 bits per heavy atom. The predicted octanol–water partition coefficient (Wildman–Crippen LogP) is 2.77. The van der Waals surface area contributed by atoms with Crippen LogP contribution in [-0.4, -0.2) is 17.6 Å². The van der Waals surface area contributed by atoms with Crippen LogP contribution >= 0.6 is 0 Å². The van der Waals surface area contributed by atoms with Gasteiger partial charge in [-0.3, -0.25) is 4.98 Å². The lowest BCUT2D eigenvalue weighted by atomic mass is 10.2. The molecule has 0 unspecified atom stereocenters. The van der Waals surface area contributed by atoms with Crippen molar-refractivity contribution < 1.29 is 4.79 Å². The molecule has 1 heterocycles. The van der Waals surface area contributed by atoms with Gasteiger partial charge in [0.05, 0.1) is 11.2 Å². The molecule has 0 spiro atoms. The van der Waals surface area contributed by atoms with Crippen molar-refractivity contribution in [2.24, 2.45) is 0 Å². The average Bonchev–Trinajstić information content (AvgIpc) is 2.37. The van der Waals surface area contributed by atoms with E-state index in [1.807, 2.05) is 37.3 Å². The van der Waals surface area contributed by atoms with Crippen molar-refractivity contribution in [1.29, 1.82) is 0 Å². The van der Waals surface area contributed by atoms with E-state index in [1.54, 1.807) is 6.20 Å². The maximum atomic E-state index is 11.6. The Bertz CT molecular complexity index is 520. The van der Waals surface area contributed by atoms with Crippen LogP contribution in [0.4, 0.5) is 10.5 Å². The van der Waals surface area contributed by atoms with Gasteiger partial charge in [-0.05, 0) is 18.6 Å². The first-order chi connectivity index (χ1) is 8.31. The quantitative estimate of drug-likeness (QED) is 0.850. The normalized spacial score (nSPS) is 10.2. The Labute approximate surface area is 100 Å². The highest BCUT2D eigenvalue weighted by molar-refractivity contribution is 5.99. The molecule has 0 bridgehead atoms. The van der Waals surface area contributed by atoms with E-state index in [-0.39, 0.29) is 6.03 Å². The van der Waals surface area contributed by atoms with Crippen molar-refractivity contribution >= 4 is 22.6 Å². The van der Waals surface area contributed by atoms with E-state index < -0.39 is 0 Å². The Hall–Kier alpha value is -2.10. The number of rotatable bonds is 3. The fourth-order valence-corrected chi connectivity index (χ4v) is 1.61. The minimum atomic E-state index is -0.190. The van der Waals surface area contributed by atoms with Gasteiger partial charge in [-0.25, -0.2) is 4.79 Å². The van der Waals surface area contributed by atoms with Crippen LogP contribution < -0.4 is 10.6 Å². The van der Waals surface area contributed by atoms with Gasteiger partial charge in [0.2, 0.25) is 0 Å². The second-order valence-corrected chi connectivity index (χ2v) is 3.76. The molecule has 4 heteroatoms. The number of nitrogens with one attached hydrogen (secondary N) is 2.